The Morgan fingerprint density at radius 3 is 2.65 bits per heavy atom. The Balaban J connectivity index is 1.33. The molecular weight excluding hydrogens is 430 g/mol. The van der Waals surface area contributed by atoms with Crippen molar-refractivity contribution in [2.45, 2.75) is 39.3 Å². The second kappa shape index (κ2) is 10.1. The van der Waals surface area contributed by atoms with Gasteiger partial charge >= 0.3 is 0 Å². The Labute approximate surface area is 198 Å². The van der Waals surface area contributed by atoms with Crippen molar-refractivity contribution in [3.8, 4) is 17.2 Å². The molecule has 8 nitrogen and oxygen atoms in total. The number of benzene rings is 2. The third kappa shape index (κ3) is 4.97. The van der Waals surface area contributed by atoms with Crippen LogP contribution in [-0.4, -0.2) is 45.3 Å². The van der Waals surface area contributed by atoms with Crippen LogP contribution in [0.2, 0.25) is 0 Å². The zero-order chi connectivity index (χ0) is 23.3. The summed E-state index contributed by atoms with van der Waals surface area (Å²) in [6, 6.07) is 15.3. The van der Waals surface area contributed by atoms with E-state index in [0.717, 1.165) is 41.0 Å². The summed E-state index contributed by atoms with van der Waals surface area (Å²) in [5, 5.41) is 12.5. The number of nitrogens with one attached hydrogen (secondary N) is 1. The summed E-state index contributed by atoms with van der Waals surface area (Å²) in [4.78, 5) is 15.1. The molecule has 2 aromatic carbocycles. The van der Waals surface area contributed by atoms with Crippen LogP contribution in [-0.2, 0) is 17.9 Å². The number of hydrogen-bond donors (Lipinski definition) is 1. The Bertz CT molecular complexity index is 1260. The van der Waals surface area contributed by atoms with Gasteiger partial charge in [-0.2, -0.15) is 0 Å². The molecule has 5 rings (SSSR count). The number of carbonyl (C=O) groups excluding carboxylic acids is 1. The molecule has 1 aliphatic heterocycles. The van der Waals surface area contributed by atoms with Gasteiger partial charge in [0.2, 0.25) is 17.7 Å². The van der Waals surface area contributed by atoms with E-state index < -0.39 is 0 Å². The highest BCUT2D eigenvalue weighted by Crippen LogP contribution is 2.30. The fourth-order valence-electron chi connectivity index (χ4n) is 4.44. The van der Waals surface area contributed by atoms with E-state index in [1.54, 1.807) is 0 Å². The number of piperidine rings is 1. The lowest BCUT2D eigenvalue weighted by Crippen LogP contribution is -2.29. The molecule has 0 unspecified atom stereocenters. The predicted molar refractivity (Wildman–Crippen MR) is 131 cm³/mol. The van der Waals surface area contributed by atoms with Gasteiger partial charge in [-0.05, 0) is 63.2 Å². The normalized spacial score (nSPS) is 14.4. The maximum atomic E-state index is 12.8. The first kappa shape index (κ1) is 22.2. The molecule has 0 radical (unpaired) electrons. The number of para-hydroxylation sites is 1. The second-order valence-corrected chi connectivity index (χ2v) is 8.53. The first-order valence-corrected chi connectivity index (χ1v) is 11.9. The van der Waals surface area contributed by atoms with Gasteiger partial charge in [0, 0.05) is 22.8 Å². The molecule has 176 valence electrons. The average Bonchev–Trinajstić information content (AvgIpc) is 3.46. The van der Waals surface area contributed by atoms with Crippen molar-refractivity contribution < 1.29 is 13.9 Å². The third-order valence-electron chi connectivity index (χ3n) is 6.06. The van der Waals surface area contributed by atoms with E-state index in [1.165, 1.54) is 19.3 Å². The smallest absolute Gasteiger partial charge is 0.249 e. The third-order valence-corrected chi connectivity index (χ3v) is 6.06. The lowest BCUT2D eigenvalue weighted by Gasteiger charge is -2.24. The van der Waals surface area contributed by atoms with Crippen molar-refractivity contribution in [1.82, 2.24) is 19.7 Å². The fraction of sp³-hybridized carbons (Fsp3) is 0.346. The van der Waals surface area contributed by atoms with Crippen LogP contribution in [0.3, 0.4) is 0 Å². The van der Waals surface area contributed by atoms with Gasteiger partial charge in [0.15, 0.2) is 0 Å². The minimum Gasteiger partial charge on any atom is -0.494 e. The van der Waals surface area contributed by atoms with E-state index in [2.05, 4.69) is 20.4 Å². The minimum absolute atomic E-state index is 0.118. The van der Waals surface area contributed by atoms with Crippen LogP contribution in [0.4, 0.5) is 5.69 Å². The first-order valence-electron chi connectivity index (χ1n) is 11.9. The largest absolute Gasteiger partial charge is 0.494 e. The lowest BCUT2D eigenvalue weighted by molar-refractivity contribution is -0.116. The fourth-order valence-corrected chi connectivity index (χ4v) is 4.44. The highest BCUT2D eigenvalue weighted by atomic mass is 16.5. The highest BCUT2D eigenvalue weighted by Gasteiger charge is 2.19. The van der Waals surface area contributed by atoms with Crippen LogP contribution in [0.25, 0.3) is 22.4 Å². The average molecular weight is 460 g/mol. The van der Waals surface area contributed by atoms with Crippen LogP contribution in [0.15, 0.2) is 59.1 Å². The van der Waals surface area contributed by atoms with Crippen molar-refractivity contribution >= 4 is 22.5 Å². The second-order valence-electron chi connectivity index (χ2n) is 8.53. The monoisotopic (exact) mass is 459 g/mol. The molecule has 1 N–H and O–H groups in total. The van der Waals surface area contributed by atoms with E-state index >= 15 is 0 Å². The Kier molecular flexibility index (Phi) is 6.58. The quantitative estimate of drug-likeness (QED) is 0.411. The molecule has 2 aromatic heterocycles. The molecule has 34 heavy (non-hydrogen) atoms. The molecule has 1 aliphatic rings. The number of carbonyl (C=O) groups is 1. The highest BCUT2D eigenvalue weighted by molar-refractivity contribution is 5.96. The van der Waals surface area contributed by atoms with Crippen molar-refractivity contribution in [2.75, 3.05) is 25.0 Å². The Morgan fingerprint density at radius 1 is 1.06 bits per heavy atom. The van der Waals surface area contributed by atoms with Crippen molar-refractivity contribution in [3.05, 3.63) is 60.6 Å². The van der Waals surface area contributed by atoms with Crippen molar-refractivity contribution in [3.63, 3.8) is 0 Å². The summed E-state index contributed by atoms with van der Waals surface area (Å²) in [6.45, 7) is 5.53. The Morgan fingerprint density at radius 2 is 1.85 bits per heavy atom. The zero-order valence-corrected chi connectivity index (χ0v) is 19.4. The molecule has 0 atom stereocenters. The van der Waals surface area contributed by atoms with Gasteiger partial charge < -0.3 is 19.0 Å². The molecule has 4 aromatic rings. The number of likely N-dealkylation sites (tertiary alicyclic amines) is 1. The molecule has 1 amide bonds. The zero-order valence-electron chi connectivity index (χ0n) is 19.4. The number of hydrogen-bond acceptors (Lipinski definition) is 6. The van der Waals surface area contributed by atoms with Gasteiger partial charge in [-0.15, -0.1) is 10.2 Å². The Hall–Kier alpha value is -3.65. The summed E-state index contributed by atoms with van der Waals surface area (Å²) in [7, 11) is 0. The summed E-state index contributed by atoms with van der Waals surface area (Å²) in [5.74, 6) is 1.77. The van der Waals surface area contributed by atoms with Crippen LogP contribution in [0.1, 0.15) is 32.1 Å². The molecule has 1 saturated heterocycles. The van der Waals surface area contributed by atoms with E-state index in [4.69, 9.17) is 9.15 Å². The van der Waals surface area contributed by atoms with E-state index in [1.807, 2.05) is 66.2 Å². The molecule has 1 fully saturated rings. The van der Waals surface area contributed by atoms with Gasteiger partial charge in [-0.25, -0.2) is 0 Å². The van der Waals surface area contributed by atoms with Gasteiger partial charge in [0.1, 0.15) is 12.3 Å². The molecular formula is C26H29N5O3. The molecule has 0 bridgehead atoms. The maximum Gasteiger partial charge on any atom is 0.249 e. The number of aromatic nitrogens is 3. The van der Waals surface area contributed by atoms with Crippen LogP contribution >= 0.6 is 0 Å². The van der Waals surface area contributed by atoms with Gasteiger partial charge in [0.25, 0.3) is 0 Å². The summed E-state index contributed by atoms with van der Waals surface area (Å²) in [5.41, 5.74) is 2.50. The lowest BCUT2D eigenvalue weighted by atomic mass is 10.1. The summed E-state index contributed by atoms with van der Waals surface area (Å²) in [6.07, 6.45) is 5.64. The van der Waals surface area contributed by atoms with Crippen molar-refractivity contribution in [1.29, 1.82) is 0 Å². The number of anilines is 1. The maximum absolute atomic E-state index is 12.8. The minimum atomic E-state index is -0.118. The number of nitrogens with zero attached hydrogens (tertiary/aromatic N) is 4. The van der Waals surface area contributed by atoms with E-state index in [-0.39, 0.29) is 12.5 Å². The molecule has 0 spiro atoms. The molecule has 0 aliphatic carbocycles. The van der Waals surface area contributed by atoms with E-state index in [9.17, 15) is 4.79 Å². The van der Waals surface area contributed by atoms with Crippen LogP contribution in [0, 0.1) is 0 Å². The van der Waals surface area contributed by atoms with Crippen LogP contribution < -0.4 is 10.1 Å². The van der Waals surface area contributed by atoms with Gasteiger partial charge in [-0.3, -0.25) is 9.69 Å². The predicted octanol–water partition coefficient (Wildman–Crippen LogP) is 4.71. The summed E-state index contributed by atoms with van der Waals surface area (Å²) >= 11 is 0. The number of amides is 1. The SMILES string of the molecule is CCOc1ccc(NC(=O)Cn2cc(-c3nnc(CN4CCCCC4)o3)c3ccccc32)cc1. The van der Waals surface area contributed by atoms with E-state index in [0.29, 0.717) is 24.9 Å². The van der Waals surface area contributed by atoms with Crippen molar-refractivity contribution in [2.24, 2.45) is 0 Å². The molecule has 3 heterocycles. The number of rotatable bonds is 8. The molecule has 0 saturated carbocycles. The molecule has 8 heteroatoms. The number of ether oxygens (including phenoxy) is 1. The topological polar surface area (TPSA) is 85.4 Å². The van der Waals surface area contributed by atoms with Gasteiger partial charge in [0.05, 0.1) is 18.7 Å². The summed E-state index contributed by atoms with van der Waals surface area (Å²) < 4.78 is 13.4. The first-order chi connectivity index (χ1) is 16.7. The van der Waals surface area contributed by atoms with Gasteiger partial charge in [-0.1, -0.05) is 24.6 Å². The standard InChI is InChI=1S/C26H29N5O3/c1-2-33-20-12-10-19(11-13-20)27-24(32)17-31-16-22(21-8-4-5-9-23(21)31)26-29-28-25(34-26)18-30-14-6-3-7-15-30/h4-5,8-13,16H,2-3,6-7,14-15,17-18H2,1H3,(H,27,32). The van der Waals surface area contributed by atoms with Crippen LogP contribution in [0.5, 0.6) is 5.75 Å². The number of fused-ring (bicyclic) bond motifs is 1.